The average molecular weight is 476 g/mol. The summed E-state index contributed by atoms with van der Waals surface area (Å²) >= 11 is 0. The molecule has 0 saturated heterocycles. The molecule has 3 aromatic carbocycles. The van der Waals surface area contributed by atoms with Crippen molar-refractivity contribution in [3.63, 3.8) is 0 Å². The van der Waals surface area contributed by atoms with Gasteiger partial charge in [-0.05, 0) is 61.4 Å². The molecule has 0 unspecified atom stereocenters. The number of hydrogen-bond acceptors (Lipinski definition) is 6. The molecule has 0 aliphatic rings. The number of hydrogen-bond donors (Lipinski definition) is 1. The molecule has 1 atom stereocenters. The molecule has 0 fully saturated rings. The topological polar surface area (TPSA) is 86.5 Å². The van der Waals surface area contributed by atoms with Crippen LogP contribution in [0.1, 0.15) is 36.9 Å². The van der Waals surface area contributed by atoms with E-state index in [-0.39, 0.29) is 24.0 Å². The van der Waals surface area contributed by atoms with Gasteiger partial charge in [-0.3, -0.25) is 4.79 Å². The summed E-state index contributed by atoms with van der Waals surface area (Å²) in [5.41, 5.74) is 2.13. The van der Waals surface area contributed by atoms with Crippen molar-refractivity contribution < 1.29 is 23.1 Å². The van der Waals surface area contributed by atoms with Crippen molar-refractivity contribution in [3.05, 3.63) is 95.6 Å². The highest BCUT2D eigenvalue weighted by molar-refractivity contribution is 5.79. The van der Waals surface area contributed by atoms with Gasteiger partial charge in [-0.15, -0.1) is 10.2 Å². The normalized spacial score (nSPS) is 11.6. The highest BCUT2D eigenvalue weighted by Crippen LogP contribution is 2.29. The molecule has 35 heavy (non-hydrogen) atoms. The van der Waals surface area contributed by atoms with Crippen LogP contribution in [0.5, 0.6) is 11.5 Å². The van der Waals surface area contributed by atoms with Crippen LogP contribution in [-0.2, 0) is 11.2 Å². The SMILES string of the molecule is CCOc1ccc(CC(=O)N[C@@H](c2ccc(F)cc2)c2nnc(-c3ccccc3)o2)cc1OCC. The predicted molar refractivity (Wildman–Crippen MR) is 129 cm³/mol. The largest absolute Gasteiger partial charge is 0.490 e. The van der Waals surface area contributed by atoms with Crippen molar-refractivity contribution in [2.75, 3.05) is 13.2 Å². The first-order valence-electron chi connectivity index (χ1n) is 11.4. The fraction of sp³-hybridized carbons (Fsp3) is 0.222. The summed E-state index contributed by atoms with van der Waals surface area (Å²) in [6.07, 6.45) is 0.0872. The summed E-state index contributed by atoms with van der Waals surface area (Å²) in [4.78, 5) is 13.0. The van der Waals surface area contributed by atoms with Gasteiger partial charge in [0.15, 0.2) is 11.5 Å². The Kier molecular flexibility index (Phi) is 7.72. The number of benzene rings is 3. The Hall–Kier alpha value is -4.20. The molecule has 1 aromatic heterocycles. The molecular formula is C27H26FN3O4. The van der Waals surface area contributed by atoms with Crippen molar-refractivity contribution in [1.29, 1.82) is 0 Å². The highest BCUT2D eigenvalue weighted by atomic mass is 19.1. The molecule has 0 spiro atoms. The van der Waals surface area contributed by atoms with Crippen molar-refractivity contribution >= 4 is 5.91 Å². The predicted octanol–water partition coefficient (Wildman–Crippen LogP) is 5.12. The lowest BCUT2D eigenvalue weighted by Gasteiger charge is -2.16. The van der Waals surface area contributed by atoms with E-state index in [0.29, 0.717) is 36.2 Å². The maximum Gasteiger partial charge on any atom is 0.247 e. The fourth-order valence-electron chi connectivity index (χ4n) is 3.59. The number of aromatic nitrogens is 2. The van der Waals surface area contributed by atoms with Gasteiger partial charge in [-0.2, -0.15) is 0 Å². The van der Waals surface area contributed by atoms with E-state index >= 15 is 0 Å². The molecule has 0 aliphatic carbocycles. The minimum absolute atomic E-state index is 0.0872. The third-order valence-corrected chi connectivity index (χ3v) is 5.19. The van der Waals surface area contributed by atoms with Gasteiger partial charge in [0.25, 0.3) is 0 Å². The fourth-order valence-corrected chi connectivity index (χ4v) is 3.59. The molecule has 1 heterocycles. The van der Waals surface area contributed by atoms with Crippen LogP contribution in [0.25, 0.3) is 11.5 Å². The Morgan fingerprint density at radius 1 is 0.943 bits per heavy atom. The number of ether oxygens (including phenoxy) is 2. The van der Waals surface area contributed by atoms with E-state index in [2.05, 4.69) is 15.5 Å². The minimum atomic E-state index is -0.748. The van der Waals surface area contributed by atoms with Gasteiger partial charge in [0.2, 0.25) is 17.7 Å². The monoisotopic (exact) mass is 475 g/mol. The number of halogens is 1. The van der Waals surface area contributed by atoms with Gasteiger partial charge in [0.1, 0.15) is 11.9 Å². The van der Waals surface area contributed by atoms with Crippen LogP contribution in [0.4, 0.5) is 4.39 Å². The Labute approximate surface area is 202 Å². The smallest absolute Gasteiger partial charge is 0.247 e. The number of amides is 1. The van der Waals surface area contributed by atoms with E-state index < -0.39 is 6.04 Å². The van der Waals surface area contributed by atoms with Crippen LogP contribution in [-0.4, -0.2) is 29.3 Å². The summed E-state index contributed by atoms with van der Waals surface area (Å²) in [5, 5.41) is 11.2. The molecule has 0 saturated carbocycles. The Balaban J connectivity index is 1.57. The van der Waals surface area contributed by atoms with Crippen LogP contribution in [0, 0.1) is 5.82 Å². The first-order chi connectivity index (χ1) is 17.1. The average Bonchev–Trinajstić information content (AvgIpc) is 3.36. The number of carbonyl (C=O) groups is 1. The zero-order valence-corrected chi connectivity index (χ0v) is 19.5. The van der Waals surface area contributed by atoms with Crippen LogP contribution < -0.4 is 14.8 Å². The Morgan fingerprint density at radius 3 is 2.37 bits per heavy atom. The van der Waals surface area contributed by atoms with Crippen LogP contribution in [0.3, 0.4) is 0 Å². The second-order valence-corrected chi connectivity index (χ2v) is 7.69. The van der Waals surface area contributed by atoms with Gasteiger partial charge < -0.3 is 19.2 Å². The zero-order valence-electron chi connectivity index (χ0n) is 19.5. The first kappa shape index (κ1) is 23.9. The zero-order chi connectivity index (χ0) is 24.6. The van der Waals surface area contributed by atoms with Crippen LogP contribution >= 0.6 is 0 Å². The molecule has 4 aromatic rings. The van der Waals surface area contributed by atoms with E-state index in [1.54, 1.807) is 24.3 Å². The molecule has 180 valence electrons. The van der Waals surface area contributed by atoms with E-state index in [0.717, 1.165) is 11.1 Å². The Morgan fingerprint density at radius 2 is 1.66 bits per heavy atom. The van der Waals surface area contributed by atoms with Gasteiger partial charge >= 0.3 is 0 Å². The van der Waals surface area contributed by atoms with Gasteiger partial charge in [0.05, 0.1) is 19.6 Å². The lowest BCUT2D eigenvalue weighted by Crippen LogP contribution is -2.31. The van der Waals surface area contributed by atoms with Gasteiger partial charge in [-0.1, -0.05) is 36.4 Å². The molecule has 0 bridgehead atoms. The molecule has 7 nitrogen and oxygen atoms in total. The van der Waals surface area contributed by atoms with Crippen molar-refractivity contribution in [3.8, 4) is 23.0 Å². The van der Waals surface area contributed by atoms with Gasteiger partial charge in [0, 0.05) is 5.56 Å². The van der Waals surface area contributed by atoms with E-state index in [1.165, 1.54) is 12.1 Å². The lowest BCUT2D eigenvalue weighted by atomic mass is 10.1. The molecule has 0 aliphatic heterocycles. The highest BCUT2D eigenvalue weighted by Gasteiger charge is 2.24. The number of nitrogens with one attached hydrogen (secondary N) is 1. The quantitative estimate of drug-likeness (QED) is 0.343. The van der Waals surface area contributed by atoms with Gasteiger partial charge in [-0.25, -0.2) is 4.39 Å². The maximum absolute atomic E-state index is 13.6. The van der Waals surface area contributed by atoms with E-state index in [9.17, 15) is 9.18 Å². The molecule has 0 radical (unpaired) electrons. The third-order valence-electron chi connectivity index (χ3n) is 5.19. The van der Waals surface area contributed by atoms with Crippen molar-refractivity contribution in [2.24, 2.45) is 0 Å². The number of nitrogens with zero attached hydrogens (tertiary/aromatic N) is 2. The first-order valence-corrected chi connectivity index (χ1v) is 11.4. The summed E-state index contributed by atoms with van der Waals surface area (Å²) in [6.45, 7) is 4.77. The summed E-state index contributed by atoms with van der Waals surface area (Å²) < 4.78 is 30.7. The maximum atomic E-state index is 13.6. The molecule has 4 rings (SSSR count). The Bertz CT molecular complexity index is 1260. The molecule has 1 N–H and O–H groups in total. The molecule has 1 amide bonds. The van der Waals surface area contributed by atoms with Crippen molar-refractivity contribution in [2.45, 2.75) is 26.3 Å². The van der Waals surface area contributed by atoms with Crippen LogP contribution in [0.2, 0.25) is 0 Å². The second kappa shape index (κ2) is 11.3. The minimum Gasteiger partial charge on any atom is -0.490 e. The standard InChI is InChI=1S/C27H26FN3O4/c1-3-33-22-15-10-18(16-23(22)34-4-2)17-24(32)29-25(19-11-13-21(28)14-12-19)27-31-30-26(35-27)20-8-6-5-7-9-20/h5-16,25H,3-4,17H2,1-2H3,(H,29,32)/t25-/m0/s1. The summed E-state index contributed by atoms with van der Waals surface area (Å²) in [6, 6.07) is 19.8. The van der Waals surface area contributed by atoms with Crippen molar-refractivity contribution in [1.82, 2.24) is 15.5 Å². The summed E-state index contributed by atoms with van der Waals surface area (Å²) in [7, 11) is 0. The third kappa shape index (κ3) is 6.03. The summed E-state index contributed by atoms with van der Waals surface area (Å²) in [5.74, 6) is 1.08. The van der Waals surface area contributed by atoms with Crippen LogP contribution in [0.15, 0.2) is 77.2 Å². The number of rotatable bonds is 10. The van der Waals surface area contributed by atoms with E-state index in [4.69, 9.17) is 13.9 Å². The number of carbonyl (C=O) groups excluding carboxylic acids is 1. The molecular weight excluding hydrogens is 449 g/mol. The second-order valence-electron chi connectivity index (χ2n) is 7.69. The molecule has 8 heteroatoms. The lowest BCUT2D eigenvalue weighted by molar-refractivity contribution is -0.121. The van der Waals surface area contributed by atoms with E-state index in [1.807, 2.05) is 50.2 Å².